The molecule has 0 saturated heterocycles. The van der Waals surface area contributed by atoms with Gasteiger partial charge in [0.2, 0.25) is 0 Å². The van der Waals surface area contributed by atoms with Crippen LogP contribution in [0.3, 0.4) is 0 Å². The number of ether oxygens (including phenoxy) is 1. The van der Waals surface area contributed by atoms with E-state index < -0.39 is 6.03 Å². The van der Waals surface area contributed by atoms with Gasteiger partial charge in [-0.15, -0.1) is 0 Å². The number of rotatable bonds is 5. The minimum absolute atomic E-state index is 0.330. The molecule has 0 fully saturated rings. The number of nitrogens with zero attached hydrogens (tertiary/aromatic N) is 1. The summed E-state index contributed by atoms with van der Waals surface area (Å²) in [5.41, 5.74) is 6.24. The fourth-order valence-electron chi connectivity index (χ4n) is 2.34. The average Bonchev–Trinajstić information content (AvgIpc) is 2.57. The van der Waals surface area contributed by atoms with Crippen molar-refractivity contribution < 1.29 is 9.53 Å². The zero-order valence-electron chi connectivity index (χ0n) is 14.8. The van der Waals surface area contributed by atoms with Crippen molar-refractivity contribution in [3.8, 4) is 5.75 Å². The van der Waals surface area contributed by atoms with Crippen LogP contribution in [-0.2, 0) is 0 Å². The standard InChI is InChI=1S/C19H22BrN3O2/c1-12(2)17-10-14(13(3)9-18(17)25-4)11-21-23-19(24)22-16-7-5-15(20)6-8-16/h5-12H,1-4H3,(H2,22,23,24)/b21-11-. The summed E-state index contributed by atoms with van der Waals surface area (Å²) in [5.74, 6) is 1.20. The highest BCUT2D eigenvalue weighted by Crippen LogP contribution is 2.29. The summed E-state index contributed by atoms with van der Waals surface area (Å²) < 4.78 is 6.38. The Bertz CT molecular complexity index is 771. The van der Waals surface area contributed by atoms with Crippen molar-refractivity contribution in [3.63, 3.8) is 0 Å². The number of urea groups is 1. The molecule has 0 atom stereocenters. The first-order chi connectivity index (χ1) is 11.9. The van der Waals surface area contributed by atoms with E-state index in [4.69, 9.17) is 4.74 Å². The largest absolute Gasteiger partial charge is 0.496 e. The molecule has 0 saturated carbocycles. The molecule has 6 heteroatoms. The number of carbonyl (C=O) groups excluding carboxylic acids is 1. The van der Waals surface area contributed by atoms with Crippen molar-refractivity contribution in [2.24, 2.45) is 5.10 Å². The van der Waals surface area contributed by atoms with E-state index in [0.717, 1.165) is 26.9 Å². The summed E-state index contributed by atoms with van der Waals surface area (Å²) in [6, 6.07) is 10.9. The second-order valence-electron chi connectivity index (χ2n) is 5.94. The zero-order valence-corrected chi connectivity index (χ0v) is 16.3. The molecule has 0 aliphatic rings. The summed E-state index contributed by atoms with van der Waals surface area (Å²) in [6.07, 6.45) is 1.64. The smallest absolute Gasteiger partial charge is 0.339 e. The van der Waals surface area contributed by atoms with Crippen LogP contribution in [0.2, 0.25) is 0 Å². The Hall–Kier alpha value is -2.34. The number of anilines is 1. The van der Waals surface area contributed by atoms with E-state index >= 15 is 0 Å². The molecule has 0 unspecified atom stereocenters. The summed E-state index contributed by atoms with van der Waals surface area (Å²) in [6.45, 7) is 6.20. The van der Waals surface area contributed by atoms with Gasteiger partial charge < -0.3 is 10.1 Å². The first-order valence-corrected chi connectivity index (χ1v) is 8.74. The number of methoxy groups -OCH3 is 1. The van der Waals surface area contributed by atoms with Crippen LogP contribution >= 0.6 is 15.9 Å². The highest BCUT2D eigenvalue weighted by Gasteiger charge is 2.10. The summed E-state index contributed by atoms with van der Waals surface area (Å²) in [7, 11) is 1.67. The first-order valence-electron chi connectivity index (χ1n) is 7.95. The number of hydrogen-bond donors (Lipinski definition) is 2. The van der Waals surface area contributed by atoms with Crippen LogP contribution in [0.1, 0.15) is 36.5 Å². The first kappa shape index (κ1) is 19.0. The second kappa shape index (κ2) is 8.67. The van der Waals surface area contributed by atoms with E-state index in [1.54, 1.807) is 25.5 Å². The van der Waals surface area contributed by atoms with Crippen LogP contribution in [0.4, 0.5) is 10.5 Å². The second-order valence-corrected chi connectivity index (χ2v) is 6.85. The van der Waals surface area contributed by atoms with Crippen LogP contribution in [0.25, 0.3) is 0 Å². The number of benzene rings is 2. The van der Waals surface area contributed by atoms with E-state index in [-0.39, 0.29) is 0 Å². The number of amides is 2. The van der Waals surface area contributed by atoms with E-state index in [2.05, 4.69) is 45.6 Å². The predicted molar refractivity (Wildman–Crippen MR) is 106 cm³/mol. The zero-order chi connectivity index (χ0) is 18.4. The van der Waals surface area contributed by atoms with Crippen molar-refractivity contribution >= 4 is 33.9 Å². The van der Waals surface area contributed by atoms with Gasteiger partial charge >= 0.3 is 6.03 Å². The van der Waals surface area contributed by atoms with Gasteiger partial charge in [-0.3, -0.25) is 0 Å². The predicted octanol–water partition coefficient (Wildman–Crippen LogP) is 5.05. The lowest BCUT2D eigenvalue weighted by Crippen LogP contribution is -2.24. The van der Waals surface area contributed by atoms with Gasteiger partial charge in [0, 0.05) is 10.2 Å². The molecule has 0 heterocycles. The Kier molecular flexibility index (Phi) is 6.58. The molecule has 0 aliphatic heterocycles. The summed E-state index contributed by atoms with van der Waals surface area (Å²) in [5, 5.41) is 6.75. The summed E-state index contributed by atoms with van der Waals surface area (Å²) in [4.78, 5) is 11.9. The fourth-order valence-corrected chi connectivity index (χ4v) is 2.60. The molecule has 2 rings (SSSR count). The van der Waals surface area contributed by atoms with Crippen molar-refractivity contribution in [1.29, 1.82) is 0 Å². The molecule has 0 spiro atoms. The molecule has 2 aromatic rings. The highest BCUT2D eigenvalue weighted by molar-refractivity contribution is 9.10. The van der Waals surface area contributed by atoms with Crippen LogP contribution in [0.15, 0.2) is 46.0 Å². The Labute approximate surface area is 156 Å². The number of halogens is 1. The third-order valence-corrected chi connectivity index (χ3v) is 4.24. The molecule has 2 N–H and O–H groups in total. The van der Waals surface area contributed by atoms with Gasteiger partial charge in [0.1, 0.15) is 5.75 Å². The minimum Gasteiger partial charge on any atom is -0.496 e. The molecule has 0 radical (unpaired) electrons. The normalized spacial score (nSPS) is 11.0. The van der Waals surface area contributed by atoms with Crippen molar-refractivity contribution in [3.05, 3.63) is 57.6 Å². The fraction of sp³-hybridized carbons (Fsp3) is 0.263. The van der Waals surface area contributed by atoms with Crippen LogP contribution in [0, 0.1) is 6.92 Å². The maximum atomic E-state index is 11.9. The van der Waals surface area contributed by atoms with E-state index in [0.29, 0.717) is 11.6 Å². The molecule has 132 valence electrons. The molecule has 2 amide bonds. The lowest BCUT2D eigenvalue weighted by atomic mass is 9.97. The molecule has 5 nitrogen and oxygen atoms in total. The van der Waals surface area contributed by atoms with E-state index in [1.807, 2.05) is 31.2 Å². The monoisotopic (exact) mass is 403 g/mol. The molecular weight excluding hydrogens is 382 g/mol. The van der Waals surface area contributed by atoms with Gasteiger partial charge in [-0.2, -0.15) is 5.10 Å². The number of carbonyl (C=O) groups is 1. The van der Waals surface area contributed by atoms with Crippen molar-refractivity contribution in [1.82, 2.24) is 5.43 Å². The third kappa shape index (κ3) is 5.32. The lowest BCUT2D eigenvalue weighted by molar-refractivity contribution is 0.252. The molecule has 25 heavy (non-hydrogen) atoms. The van der Waals surface area contributed by atoms with Crippen molar-refractivity contribution in [2.75, 3.05) is 12.4 Å². The summed E-state index contributed by atoms with van der Waals surface area (Å²) >= 11 is 3.35. The lowest BCUT2D eigenvalue weighted by Gasteiger charge is -2.14. The molecular formula is C19H22BrN3O2. The van der Waals surface area contributed by atoms with Crippen LogP contribution in [-0.4, -0.2) is 19.4 Å². The number of aryl methyl sites for hydroxylation is 1. The number of nitrogens with one attached hydrogen (secondary N) is 2. The average molecular weight is 404 g/mol. The number of hydrazone groups is 1. The van der Waals surface area contributed by atoms with Crippen molar-refractivity contribution in [2.45, 2.75) is 26.7 Å². The Morgan fingerprint density at radius 3 is 2.52 bits per heavy atom. The van der Waals surface area contributed by atoms with Gasteiger partial charge in [0.25, 0.3) is 0 Å². The molecule has 0 bridgehead atoms. The molecule has 0 aliphatic carbocycles. The van der Waals surface area contributed by atoms with Crippen LogP contribution < -0.4 is 15.5 Å². The number of hydrogen-bond acceptors (Lipinski definition) is 3. The SMILES string of the molecule is COc1cc(C)c(/C=N\NC(=O)Nc2ccc(Br)cc2)cc1C(C)C. The molecule has 0 aromatic heterocycles. The Balaban J connectivity index is 2.04. The van der Waals surface area contributed by atoms with Crippen LogP contribution in [0.5, 0.6) is 5.75 Å². The van der Waals surface area contributed by atoms with E-state index in [1.165, 1.54) is 0 Å². The maximum absolute atomic E-state index is 11.9. The van der Waals surface area contributed by atoms with Gasteiger partial charge in [0.05, 0.1) is 13.3 Å². The Morgan fingerprint density at radius 1 is 1.24 bits per heavy atom. The topological polar surface area (TPSA) is 62.7 Å². The highest BCUT2D eigenvalue weighted by atomic mass is 79.9. The van der Waals surface area contributed by atoms with Gasteiger partial charge in [0.15, 0.2) is 0 Å². The maximum Gasteiger partial charge on any atom is 0.339 e. The minimum atomic E-state index is -0.395. The van der Waals surface area contributed by atoms with Gasteiger partial charge in [-0.1, -0.05) is 29.8 Å². The van der Waals surface area contributed by atoms with Gasteiger partial charge in [-0.05, 0) is 65.9 Å². The third-order valence-electron chi connectivity index (χ3n) is 3.71. The molecule has 2 aromatic carbocycles. The quantitative estimate of drug-likeness (QED) is 0.542. The van der Waals surface area contributed by atoms with E-state index in [9.17, 15) is 4.79 Å². The van der Waals surface area contributed by atoms with Gasteiger partial charge in [-0.25, -0.2) is 10.2 Å². The Morgan fingerprint density at radius 2 is 1.92 bits per heavy atom.